The normalized spacial score (nSPS) is 30.3. The number of benzene rings is 1. The SMILES string of the molecule is C=C[C@@H]1C[C@]1(NC(=O)[C@@H]1C[C@@H]2CN1C(=O)[C@H](C(C)(C)C)NC(=O)O[C@@H]1CCC[C@H]1CC/C=C\Cc1c(nc3ccccc3c1OC)O2)C(=O)NS(=O)(=O)C1CC1. The molecule has 0 radical (unpaired) electrons. The van der Waals surface area contributed by atoms with Crippen LogP contribution in [0.2, 0.25) is 0 Å². The number of aromatic nitrogens is 1. The molecule has 7 atom stereocenters. The second-order valence-electron chi connectivity index (χ2n) is 16.9. The van der Waals surface area contributed by atoms with E-state index in [1.54, 1.807) is 7.11 Å². The van der Waals surface area contributed by atoms with Gasteiger partial charge in [0, 0.05) is 17.7 Å². The van der Waals surface area contributed by atoms with Gasteiger partial charge < -0.3 is 29.7 Å². The lowest BCUT2D eigenvalue weighted by Gasteiger charge is -2.35. The highest BCUT2D eigenvalue weighted by Crippen LogP contribution is 2.46. The number of nitrogens with one attached hydrogen (secondary N) is 3. The van der Waals surface area contributed by atoms with Gasteiger partial charge in [-0.1, -0.05) is 51.1 Å². The Kier molecular flexibility index (Phi) is 10.8. The number of ether oxygens (including phenoxy) is 3. The lowest BCUT2D eigenvalue weighted by Crippen LogP contribution is -2.60. The lowest BCUT2D eigenvalue weighted by atomic mass is 9.85. The molecule has 3 saturated carbocycles. The zero-order chi connectivity index (χ0) is 40.0. The Morgan fingerprint density at radius 2 is 1.86 bits per heavy atom. The first-order valence-corrected chi connectivity index (χ1v) is 21.3. The number of nitrogens with zero attached hydrogens (tertiary/aromatic N) is 2. The Labute approximate surface area is 328 Å². The first-order valence-electron chi connectivity index (χ1n) is 19.7. The molecule has 2 bridgehead atoms. The standard InChI is InChI=1S/C41H53N5O9S/c1-6-25-22-41(25,38(49)45-56(51,52)27-19-20-27)44-35(47)31-21-26-23-46(31)37(48)34(40(2,3)4)43-39(50)55-32-18-12-14-24(32)13-8-7-9-16-29-33(53-5)28-15-10-11-17-30(28)42-36(29)54-26/h6-7,9-11,15,17,24-27,31-32,34H,1,8,12-14,16,18-23H2,2-5H3,(H,43,50)(H,44,47)(H,45,49)/b9-7-/t24-,25-,26-,31+,32-,34-,41-/m1/s1. The highest BCUT2D eigenvalue weighted by Gasteiger charge is 2.62. The fourth-order valence-electron chi connectivity index (χ4n) is 8.48. The summed E-state index contributed by atoms with van der Waals surface area (Å²) >= 11 is 0. The molecule has 2 aliphatic heterocycles. The van der Waals surface area contributed by atoms with Crippen LogP contribution in [0, 0.1) is 17.3 Å². The Balaban J connectivity index is 1.25. The van der Waals surface area contributed by atoms with Crippen LogP contribution < -0.4 is 24.8 Å². The van der Waals surface area contributed by atoms with Crippen LogP contribution in [-0.2, 0) is 35.6 Å². The number of rotatable bonds is 7. The number of sulfonamides is 1. The predicted octanol–water partition coefficient (Wildman–Crippen LogP) is 4.46. The maximum absolute atomic E-state index is 14.8. The summed E-state index contributed by atoms with van der Waals surface area (Å²) in [7, 11) is -2.31. The molecule has 3 N–H and O–H groups in total. The molecule has 3 heterocycles. The first kappa shape index (κ1) is 39.6. The molecule has 0 unspecified atom stereocenters. The summed E-state index contributed by atoms with van der Waals surface area (Å²) in [5.41, 5.74) is -0.998. The van der Waals surface area contributed by atoms with Crippen LogP contribution in [0.15, 0.2) is 49.1 Å². The number of alkyl carbamates (subject to hydrolysis) is 1. The number of hydrogen-bond donors (Lipinski definition) is 3. The number of amides is 4. The average molecular weight is 792 g/mol. The number of allylic oxidation sites excluding steroid dienone is 2. The van der Waals surface area contributed by atoms with E-state index in [9.17, 15) is 27.6 Å². The summed E-state index contributed by atoms with van der Waals surface area (Å²) in [6.45, 7) is 9.22. The van der Waals surface area contributed by atoms with Crippen molar-refractivity contribution >= 4 is 44.7 Å². The van der Waals surface area contributed by atoms with Crippen molar-refractivity contribution in [3.05, 3.63) is 54.6 Å². The monoisotopic (exact) mass is 791 g/mol. The van der Waals surface area contributed by atoms with Gasteiger partial charge in [0.05, 0.1) is 30.0 Å². The minimum Gasteiger partial charge on any atom is -0.496 e. The topological polar surface area (TPSA) is 182 Å². The first-order chi connectivity index (χ1) is 26.6. The molecule has 3 aliphatic carbocycles. The summed E-state index contributed by atoms with van der Waals surface area (Å²) in [4.78, 5) is 62.6. The molecule has 2 aromatic rings. The molecule has 5 aliphatic rings. The molecule has 1 aromatic carbocycles. The van der Waals surface area contributed by atoms with Gasteiger partial charge in [0.25, 0.3) is 5.91 Å². The molecule has 0 spiro atoms. The highest BCUT2D eigenvalue weighted by molar-refractivity contribution is 7.91. The maximum atomic E-state index is 14.8. The van der Waals surface area contributed by atoms with Gasteiger partial charge in [-0.2, -0.15) is 0 Å². The van der Waals surface area contributed by atoms with E-state index in [0.717, 1.165) is 43.1 Å². The van der Waals surface area contributed by atoms with E-state index in [0.29, 0.717) is 36.4 Å². The lowest BCUT2D eigenvalue weighted by molar-refractivity contribution is -0.143. The van der Waals surface area contributed by atoms with Crippen LogP contribution in [0.1, 0.15) is 84.1 Å². The van der Waals surface area contributed by atoms with Gasteiger partial charge in [-0.15, -0.1) is 6.58 Å². The second-order valence-corrected chi connectivity index (χ2v) is 18.9. The van der Waals surface area contributed by atoms with Crippen molar-refractivity contribution in [2.75, 3.05) is 13.7 Å². The van der Waals surface area contributed by atoms with E-state index >= 15 is 0 Å². The molecule has 1 aromatic heterocycles. The van der Waals surface area contributed by atoms with Gasteiger partial charge in [-0.3, -0.25) is 19.1 Å². The van der Waals surface area contributed by atoms with Crippen molar-refractivity contribution in [2.45, 2.75) is 120 Å². The smallest absolute Gasteiger partial charge is 0.408 e. The van der Waals surface area contributed by atoms with Crippen LogP contribution in [0.5, 0.6) is 11.6 Å². The van der Waals surface area contributed by atoms with Crippen LogP contribution in [0.3, 0.4) is 0 Å². The third kappa shape index (κ3) is 7.96. The fourth-order valence-corrected chi connectivity index (χ4v) is 9.85. The molecule has 14 nitrogen and oxygen atoms in total. The Hall–Kier alpha value is -4.66. The third-order valence-electron chi connectivity index (χ3n) is 11.9. The number of fused-ring (bicyclic) bond motifs is 5. The summed E-state index contributed by atoms with van der Waals surface area (Å²) in [6.07, 6.45) is 9.67. The maximum Gasteiger partial charge on any atom is 0.408 e. The molecule has 7 rings (SSSR count). The van der Waals surface area contributed by atoms with Gasteiger partial charge in [0.15, 0.2) is 0 Å². The summed E-state index contributed by atoms with van der Waals surface area (Å²) in [5.74, 6) is -1.45. The summed E-state index contributed by atoms with van der Waals surface area (Å²) in [6, 6.07) is 5.33. The number of carbonyl (C=O) groups excluding carboxylic acids is 4. The average Bonchev–Trinajstić information content (AvgIpc) is 4.04. The van der Waals surface area contributed by atoms with Crippen LogP contribution in [0.25, 0.3) is 10.9 Å². The molecule has 4 amide bonds. The van der Waals surface area contributed by atoms with E-state index < -0.39 is 74.1 Å². The summed E-state index contributed by atoms with van der Waals surface area (Å²) < 4.78 is 46.3. The highest BCUT2D eigenvalue weighted by atomic mass is 32.2. The Morgan fingerprint density at radius 3 is 2.55 bits per heavy atom. The van der Waals surface area contributed by atoms with Crippen molar-refractivity contribution in [3.8, 4) is 11.6 Å². The van der Waals surface area contributed by atoms with Gasteiger partial charge in [0.2, 0.25) is 27.7 Å². The fraction of sp³-hybridized carbons (Fsp3) is 0.585. The molecule has 56 heavy (non-hydrogen) atoms. The third-order valence-corrected chi connectivity index (χ3v) is 13.7. The number of para-hydroxylation sites is 1. The largest absolute Gasteiger partial charge is 0.496 e. The molecular weight excluding hydrogens is 739 g/mol. The van der Waals surface area contributed by atoms with Gasteiger partial charge in [0.1, 0.15) is 35.6 Å². The zero-order valence-corrected chi connectivity index (χ0v) is 33.4. The van der Waals surface area contributed by atoms with Crippen LogP contribution >= 0.6 is 0 Å². The molecule has 302 valence electrons. The van der Waals surface area contributed by atoms with Crippen molar-refractivity contribution in [1.82, 2.24) is 25.2 Å². The van der Waals surface area contributed by atoms with Gasteiger partial charge >= 0.3 is 6.09 Å². The predicted molar refractivity (Wildman–Crippen MR) is 208 cm³/mol. The van der Waals surface area contributed by atoms with E-state index in [1.807, 2.05) is 45.0 Å². The summed E-state index contributed by atoms with van der Waals surface area (Å²) in [5, 5.41) is 5.84. The number of carbonyl (C=O) groups is 4. The Bertz CT molecular complexity index is 2040. The second kappa shape index (κ2) is 15.4. The minimum absolute atomic E-state index is 0.0194. The minimum atomic E-state index is -3.91. The van der Waals surface area contributed by atoms with Gasteiger partial charge in [-0.25, -0.2) is 18.2 Å². The van der Waals surface area contributed by atoms with E-state index in [4.69, 9.17) is 19.2 Å². The molecule has 4 fully saturated rings. The zero-order valence-electron chi connectivity index (χ0n) is 32.5. The van der Waals surface area contributed by atoms with Crippen LogP contribution in [0.4, 0.5) is 4.79 Å². The van der Waals surface area contributed by atoms with Crippen molar-refractivity contribution in [3.63, 3.8) is 0 Å². The number of methoxy groups -OCH3 is 1. The number of pyridine rings is 1. The van der Waals surface area contributed by atoms with Crippen molar-refractivity contribution in [2.24, 2.45) is 17.3 Å². The molecule has 15 heteroatoms. The Morgan fingerprint density at radius 1 is 1.09 bits per heavy atom. The van der Waals surface area contributed by atoms with E-state index in [-0.39, 0.29) is 31.4 Å². The number of hydrogen-bond acceptors (Lipinski definition) is 10. The molecule has 1 saturated heterocycles. The molecular formula is C41H53N5O9S. The van der Waals surface area contributed by atoms with Crippen molar-refractivity contribution in [1.29, 1.82) is 0 Å². The quantitative estimate of drug-likeness (QED) is 0.339. The van der Waals surface area contributed by atoms with Crippen LogP contribution in [-0.4, -0.2) is 90.9 Å². The van der Waals surface area contributed by atoms with Gasteiger partial charge in [-0.05, 0) is 81.3 Å². The van der Waals surface area contributed by atoms with E-state index in [2.05, 4.69) is 34.1 Å². The van der Waals surface area contributed by atoms with E-state index in [1.165, 1.54) is 11.0 Å². The van der Waals surface area contributed by atoms with Crippen molar-refractivity contribution < 1.29 is 41.8 Å².